The van der Waals surface area contributed by atoms with E-state index in [2.05, 4.69) is 39.0 Å². The molecule has 0 bridgehead atoms. The highest BCUT2D eigenvalue weighted by Crippen LogP contribution is 2.43. The molecule has 0 aliphatic heterocycles. The fraction of sp³-hybridized carbons (Fsp3) is 0.737. The van der Waals surface area contributed by atoms with E-state index >= 15 is 0 Å². The Hall–Kier alpha value is -1.05. The Morgan fingerprint density at radius 2 is 2.00 bits per heavy atom. The van der Waals surface area contributed by atoms with Crippen LogP contribution in [0.3, 0.4) is 0 Å². The first-order chi connectivity index (χ1) is 9.76. The van der Waals surface area contributed by atoms with E-state index in [0.29, 0.717) is 23.7 Å². The Bertz CT molecular complexity index is 458. The lowest BCUT2D eigenvalue weighted by Crippen LogP contribution is -2.41. The van der Waals surface area contributed by atoms with Gasteiger partial charge in [0.05, 0.1) is 5.41 Å². The van der Waals surface area contributed by atoms with Crippen molar-refractivity contribution in [1.82, 2.24) is 0 Å². The van der Waals surface area contributed by atoms with E-state index in [4.69, 9.17) is 4.74 Å². The van der Waals surface area contributed by atoms with Crippen molar-refractivity contribution in [2.24, 2.45) is 29.1 Å². The summed E-state index contributed by atoms with van der Waals surface area (Å²) < 4.78 is 5.99. The summed E-state index contributed by atoms with van der Waals surface area (Å²) in [6, 6.07) is 0. The molecule has 0 radical (unpaired) electrons. The van der Waals surface area contributed by atoms with E-state index in [9.17, 15) is 4.79 Å². The Morgan fingerprint density at radius 1 is 1.33 bits per heavy atom. The van der Waals surface area contributed by atoms with Crippen LogP contribution in [0, 0.1) is 29.1 Å². The van der Waals surface area contributed by atoms with Crippen LogP contribution in [0.1, 0.15) is 54.4 Å². The highest BCUT2D eigenvalue weighted by atomic mass is 16.5. The summed E-state index contributed by atoms with van der Waals surface area (Å²) in [6.45, 7) is 12.8. The molecular formula is C19H30O2. The highest BCUT2D eigenvalue weighted by Gasteiger charge is 2.41. The molecule has 0 saturated heterocycles. The Kier molecular flexibility index (Phi) is 4.65. The molecule has 0 heterocycles. The minimum Gasteiger partial charge on any atom is -0.461 e. The number of esters is 1. The molecule has 2 heteroatoms. The molecule has 118 valence electrons. The van der Waals surface area contributed by atoms with Gasteiger partial charge < -0.3 is 4.74 Å². The number of hydrogen-bond donors (Lipinski definition) is 0. The van der Waals surface area contributed by atoms with Gasteiger partial charge in [-0.05, 0) is 50.0 Å². The van der Waals surface area contributed by atoms with Crippen molar-refractivity contribution >= 4 is 5.97 Å². The fourth-order valence-corrected chi connectivity index (χ4v) is 3.37. The summed E-state index contributed by atoms with van der Waals surface area (Å²) in [7, 11) is 0. The first kappa shape index (κ1) is 16.3. The molecule has 2 nitrogen and oxygen atoms in total. The van der Waals surface area contributed by atoms with Crippen LogP contribution in [0.5, 0.6) is 0 Å². The maximum Gasteiger partial charge on any atom is 0.311 e. The third kappa shape index (κ3) is 3.25. The van der Waals surface area contributed by atoms with Gasteiger partial charge in [-0.15, -0.1) is 0 Å². The normalized spacial score (nSPS) is 35.9. The number of carbonyl (C=O) groups excluding carboxylic acids is 1. The molecule has 2 rings (SSSR count). The average Bonchev–Trinajstić information content (AvgIpc) is 2.42. The summed E-state index contributed by atoms with van der Waals surface area (Å²) in [6.07, 6.45) is 8.69. The second-order valence-corrected chi connectivity index (χ2v) is 7.66. The van der Waals surface area contributed by atoms with E-state index in [1.807, 2.05) is 20.8 Å². The highest BCUT2D eigenvalue weighted by molar-refractivity contribution is 5.76. The number of fused-ring (bicyclic) bond motifs is 1. The number of allylic oxidation sites excluding steroid dienone is 3. The van der Waals surface area contributed by atoms with Gasteiger partial charge in [0, 0.05) is 5.92 Å². The van der Waals surface area contributed by atoms with Gasteiger partial charge in [0.1, 0.15) is 6.10 Å². The standard InChI is InChI=1S/C19H30O2/c1-7-19(5,6)18(20)21-16-11-12(2)10-15-9-8-13(3)14(4)17(15)16/h8-10,12-14,16-17H,7,11H2,1-6H3/t12-,13?,14-,16-,17?/m0/s1. The van der Waals surface area contributed by atoms with Crippen molar-refractivity contribution in [3.05, 3.63) is 23.8 Å². The van der Waals surface area contributed by atoms with Gasteiger partial charge in [0.15, 0.2) is 0 Å². The SMILES string of the molecule is CCC(C)(C)C(=O)O[C@H]1C[C@@H](C)C=C2C=CC(C)[C@H](C)C21. The van der Waals surface area contributed by atoms with Gasteiger partial charge in [0.2, 0.25) is 0 Å². The molecule has 0 aromatic carbocycles. The summed E-state index contributed by atoms with van der Waals surface area (Å²) in [5, 5.41) is 0. The van der Waals surface area contributed by atoms with E-state index in [1.54, 1.807) is 0 Å². The quantitative estimate of drug-likeness (QED) is 0.701. The second-order valence-electron chi connectivity index (χ2n) is 7.66. The van der Waals surface area contributed by atoms with Crippen molar-refractivity contribution in [2.75, 3.05) is 0 Å². The van der Waals surface area contributed by atoms with E-state index in [0.717, 1.165) is 12.8 Å². The lowest BCUT2D eigenvalue weighted by molar-refractivity contribution is -0.164. The van der Waals surface area contributed by atoms with Crippen molar-refractivity contribution in [3.63, 3.8) is 0 Å². The largest absolute Gasteiger partial charge is 0.461 e. The summed E-state index contributed by atoms with van der Waals surface area (Å²) in [5.41, 5.74) is 0.982. The monoisotopic (exact) mass is 290 g/mol. The molecule has 2 aliphatic carbocycles. The molecule has 0 aromatic heterocycles. The minimum absolute atomic E-state index is 0.0284. The van der Waals surface area contributed by atoms with Crippen LogP contribution in [-0.4, -0.2) is 12.1 Å². The van der Waals surface area contributed by atoms with Gasteiger partial charge in [-0.3, -0.25) is 4.79 Å². The third-order valence-corrected chi connectivity index (χ3v) is 5.55. The second kappa shape index (κ2) is 5.98. The van der Waals surface area contributed by atoms with Gasteiger partial charge in [0.25, 0.3) is 0 Å². The molecule has 21 heavy (non-hydrogen) atoms. The van der Waals surface area contributed by atoms with Crippen LogP contribution in [0.15, 0.2) is 23.8 Å². The van der Waals surface area contributed by atoms with Gasteiger partial charge in [-0.1, -0.05) is 45.9 Å². The van der Waals surface area contributed by atoms with Gasteiger partial charge in [-0.25, -0.2) is 0 Å². The first-order valence-corrected chi connectivity index (χ1v) is 8.37. The molecule has 2 aliphatic rings. The van der Waals surface area contributed by atoms with Crippen molar-refractivity contribution in [3.8, 4) is 0 Å². The van der Waals surface area contributed by atoms with E-state index in [-0.39, 0.29) is 17.5 Å². The molecule has 0 spiro atoms. The lowest BCUT2D eigenvalue weighted by Gasteiger charge is -2.42. The molecule has 0 aromatic rings. The van der Waals surface area contributed by atoms with Crippen molar-refractivity contribution in [1.29, 1.82) is 0 Å². The molecule has 0 saturated carbocycles. The third-order valence-electron chi connectivity index (χ3n) is 5.55. The predicted molar refractivity (Wildman–Crippen MR) is 86.8 cm³/mol. The summed E-state index contributed by atoms with van der Waals surface area (Å²) in [4.78, 5) is 12.5. The number of carbonyl (C=O) groups is 1. The molecule has 0 N–H and O–H groups in total. The van der Waals surface area contributed by atoms with Crippen LogP contribution < -0.4 is 0 Å². The molecule has 5 atom stereocenters. The minimum atomic E-state index is -0.385. The first-order valence-electron chi connectivity index (χ1n) is 8.37. The van der Waals surface area contributed by atoms with Crippen LogP contribution in [0.2, 0.25) is 0 Å². The van der Waals surface area contributed by atoms with Gasteiger partial charge >= 0.3 is 5.97 Å². The molecule has 0 amide bonds. The Balaban J connectivity index is 2.22. The van der Waals surface area contributed by atoms with Crippen LogP contribution >= 0.6 is 0 Å². The molecule has 2 unspecified atom stereocenters. The maximum absolute atomic E-state index is 12.5. The topological polar surface area (TPSA) is 26.3 Å². The zero-order valence-electron chi connectivity index (χ0n) is 14.3. The zero-order valence-corrected chi connectivity index (χ0v) is 14.3. The van der Waals surface area contributed by atoms with Crippen LogP contribution in [-0.2, 0) is 9.53 Å². The fourth-order valence-electron chi connectivity index (χ4n) is 3.37. The summed E-state index contributed by atoms with van der Waals surface area (Å²) in [5.74, 6) is 1.86. The predicted octanol–water partition coefficient (Wildman–Crippen LogP) is 4.76. The zero-order chi connectivity index (χ0) is 15.8. The Labute approximate surface area is 129 Å². The van der Waals surface area contributed by atoms with Crippen molar-refractivity contribution in [2.45, 2.75) is 60.5 Å². The number of rotatable bonds is 3. The number of ether oxygens (including phenoxy) is 1. The van der Waals surface area contributed by atoms with Crippen LogP contribution in [0.25, 0.3) is 0 Å². The lowest BCUT2D eigenvalue weighted by atomic mass is 9.67. The molecular weight excluding hydrogens is 260 g/mol. The maximum atomic E-state index is 12.5. The van der Waals surface area contributed by atoms with Gasteiger partial charge in [-0.2, -0.15) is 0 Å². The number of hydrogen-bond acceptors (Lipinski definition) is 2. The van der Waals surface area contributed by atoms with Crippen molar-refractivity contribution < 1.29 is 9.53 Å². The Morgan fingerprint density at radius 3 is 2.62 bits per heavy atom. The summed E-state index contributed by atoms with van der Waals surface area (Å²) >= 11 is 0. The average molecular weight is 290 g/mol. The van der Waals surface area contributed by atoms with E-state index < -0.39 is 0 Å². The molecule has 0 fully saturated rings. The van der Waals surface area contributed by atoms with Crippen LogP contribution in [0.4, 0.5) is 0 Å². The smallest absolute Gasteiger partial charge is 0.311 e. The van der Waals surface area contributed by atoms with E-state index in [1.165, 1.54) is 5.57 Å².